The van der Waals surface area contributed by atoms with Crippen LogP contribution in [-0.2, 0) is 22.9 Å². The molecule has 36 heavy (non-hydrogen) atoms. The minimum atomic E-state index is -4.60. The lowest BCUT2D eigenvalue weighted by Crippen LogP contribution is -2.43. The molecule has 0 radical (unpaired) electrons. The molecule has 0 aliphatic carbocycles. The van der Waals surface area contributed by atoms with Gasteiger partial charge in [-0.15, -0.1) is 0 Å². The molecular weight excluding hydrogens is 473 g/mol. The quantitative estimate of drug-likeness (QED) is 0.552. The van der Waals surface area contributed by atoms with Crippen molar-refractivity contribution in [3.63, 3.8) is 0 Å². The molecule has 1 saturated heterocycles. The molecule has 2 aliphatic heterocycles. The van der Waals surface area contributed by atoms with E-state index in [1.807, 2.05) is 41.1 Å². The molecular formula is C25H27F3N6O2. The van der Waals surface area contributed by atoms with Crippen molar-refractivity contribution < 1.29 is 22.7 Å². The van der Waals surface area contributed by atoms with Gasteiger partial charge in [0.05, 0.1) is 23.9 Å². The van der Waals surface area contributed by atoms with E-state index in [-0.39, 0.29) is 23.1 Å². The van der Waals surface area contributed by atoms with Gasteiger partial charge in [-0.3, -0.25) is 4.68 Å². The van der Waals surface area contributed by atoms with Gasteiger partial charge < -0.3 is 20.7 Å². The van der Waals surface area contributed by atoms with Crippen LogP contribution in [0, 0.1) is 0 Å². The first-order valence-corrected chi connectivity index (χ1v) is 11.7. The van der Waals surface area contributed by atoms with Crippen molar-refractivity contribution in [1.29, 1.82) is 0 Å². The molecule has 1 aromatic carbocycles. The second-order valence-corrected chi connectivity index (χ2v) is 9.36. The van der Waals surface area contributed by atoms with Crippen molar-refractivity contribution >= 4 is 11.8 Å². The number of nitrogens with zero attached hydrogens (tertiary/aromatic N) is 4. The maximum absolute atomic E-state index is 13.3. The number of hydrogen-bond donors (Lipinski definition) is 2. The number of pyridine rings is 1. The highest BCUT2D eigenvalue weighted by Gasteiger charge is 2.47. The lowest BCUT2D eigenvalue weighted by Gasteiger charge is -2.26. The van der Waals surface area contributed by atoms with Crippen molar-refractivity contribution in [3.05, 3.63) is 65.5 Å². The highest BCUT2D eigenvalue weighted by molar-refractivity contribution is 5.75. The molecule has 190 valence electrons. The number of alkyl halides is 3. The normalized spacial score (nSPS) is 20.1. The number of benzene rings is 1. The summed E-state index contributed by atoms with van der Waals surface area (Å²) in [6, 6.07) is 12.0. The van der Waals surface area contributed by atoms with Crippen LogP contribution in [-0.4, -0.2) is 52.5 Å². The number of fused-ring (bicyclic) bond motifs is 2. The van der Waals surface area contributed by atoms with Gasteiger partial charge in [0.2, 0.25) is 0 Å². The van der Waals surface area contributed by atoms with Crippen molar-refractivity contribution in [1.82, 2.24) is 25.0 Å². The lowest BCUT2D eigenvalue weighted by atomic mass is 9.82. The SMILES string of the molecule is COCC(NC(=O)N1CCC2(CCn3nc(-c4cnc(N)c(C(F)(F)F)c4)cc32)C1)c1ccccc1. The average Bonchev–Trinajstić information content (AvgIpc) is 3.56. The van der Waals surface area contributed by atoms with Gasteiger partial charge in [0.1, 0.15) is 5.82 Å². The van der Waals surface area contributed by atoms with E-state index in [4.69, 9.17) is 10.5 Å². The standard InChI is InChI=1S/C25H27F3N6O2/c1-36-14-20(16-5-3-2-4-6-16)31-23(35)33-9-7-24(15-33)8-10-34-21(24)12-19(32-34)17-11-18(25(26,27)28)22(29)30-13-17/h2-6,11-13,20H,7-10,14-15H2,1H3,(H2,29,30)(H,31,35). The summed E-state index contributed by atoms with van der Waals surface area (Å²) in [6.45, 7) is 2.06. The molecule has 11 heteroatoms. The summed E-state index contributed by atoms with van der Waals surface area (Å²) in [5, 5.41) is 7.62. The van der Waals surface area contributed by atoms with Gasteiger partial charge in [-0.05, 0) is 30.5 Å². The lowest BCUT2D eigenvalue weighted by molar-refractivity contribution is -0.137. The Labute approximate surface area is 206 Å². The Hall–Kier alpha value is -3.60. The average molecular weight is 501 g/mol. The Balaban J connectivity index is 1.34. The van der Waals surface area contributed by atoms with Gasteiger partial charge in [0.25, 0.3) is 0 Å². The van der Waals surface area contributed by atoms with Crippen LogP contribution in [0.2, 0.25) is 0 Å². The first-order chi connectivity index (χ1) is 17.2. The van der Waals surface area contributed by atoms with Gasteiger partial charge in [0.15, 0.2) is 0 Å². The fraction of sp³-hybridized carbons (Fsp3) is 0.400. The molecule has 3 N–H and O–H groups in total. The third kappa shape index (κ3) is 4.39. The zero-order chi connectivity index (χ0) is 25.5. The largest absolute Gasteiger partial charge is 0.419 e. The van der Waals surface area contributed by atoms with E-state index < -0.39 is 17.6 Å². The molecule has 2 aliphatic rings. The summed E-state index contributed by atoms with van der Waals surface area (Å²) in [5.74, 6) is -0.561. The Morgan fingerprint density at radius 3 is 2.69 bits per heavy atom. The molecule has 4 heterocycles. The number of nitrogens with one attached hydrogen (secondary N) is 1. The maximum atomic E-state index is 13.3. The van der Waals surface area contributed by atoms with Gasteiger partial charge in [-0.25, -0.2) is 9.78 Å². The summed E-state index contributed by atoms with van der Waals surface area (Å²) in [6.07, 6.45) is -1.73. The number of ether oxygens (including phenoxy) is 1. The molecule has 2 amide bonds. The zero-order valence-electron chi connectivity index (χ0n) is 19.8. The van der Waals surface area contributed by atoms with Crippen LogP contribution in [0.3, 0.4) is 0 Å². The third-order valence-corrected chi connectivity index (χ3v) is 7.12. The minimum absolute atomic E-state index is 0.173. The molecule has 2 aromatic heterocycles. The molecule has 5 rings (SSSR count). The topological polar surface area (TPSA) is 98.3 Å². The minimum Gasteiger partial charge on any atom is -0.383 e. The molecule has 8 nitrogen and oxygen atoms in total. The van der Waals surface area contributed by atoms with E-state index in [0.29, 0.717) is 31.9 Å². The van der Waals surface area contributed by atoms with Gasteiger partial charge >= 0.3 is 12.2 Å². The fourth-order valence-corrected chi connectivity index (χ4v) is 5.22. The monoisotopic (exact) mass is 500 g/mol. The predicted octanol–water partition coefficient (Wildman–Crippen LogP) is 3.99. The first kappa shape index (κ1) is 24.1. The number of nitrogen functional groups attached to an aromatic ring is 1. The number of rotatable bonds is 5. The van der Waals surface area contributed by atoms with Gasteiger partial charge in [-0.2, -0.15) is 18.3 Å². The summed E-state index contributed by atoms with van der Waals surface area (Å²) >= 11 is 0. The smallest absolute Gasteiger partial charge is 0.383 e. The number of halogens is 3. The Morgan fingerprint density at radius 1 is 1.22 bits per heavy atom. The van der Waals surface area contributed by atoms with Crippen LogP contribution in [0.15, 0.2) is 48.7 Å². The Bertz CT molecular complexity index is 1260. The van der Waals surface area contributed by atoms with Crippen molar-refractivity contribution in [2.75, 3.05) is 32.5 Å². The number of aryl methyl sites for hydroxylation is 1. The summed E-state index contributed by atoms with van der Waals surface area (Å²) in [7, 11) is 1.60. The van der Waals surface area contributed by atoms with E-state index in [1.54, 1.807) is 12.0 Å². The molecule has 2 atom stereocenters. The molecule has 0 saturated carbocycles. The second-order valence-electron chi connectivity index (χ2n) is 9.36. The molecule has 1 fully saturated rings. The summed E-state index contributed by atoms with van der Waals surface area (Å²) in [4.78, 5) is 18.7. The number of aromatic nitrogens is 3. The van der Waals surface area contributed by atoms with Gasteiger partial charge in [-0.1, -0.05) is 30.3 Å². The zero-order valence-corrected chi connectivity index (χ0v) is 19.8. The Morgan fingerprint density at radius 2 is 1.97 bits per heavy atom. The number of likely N-dealkylation sites (tertiary alicyclic amines) is 1. The van der Waals surface area contributed by atoms with Gasteiger partial charge in [0, 0.05) is 49.6 Å². The highest BCUT2D eigenvalue weighted by Crippen LogP contribution is 2.44. The van der Waals surface area contributed by atoms with Crippen LogP contribution in [0.4, 0.5) is 23.8 Å². The highest BCUT2D eigenvalue weighted by atomic mass is 19.4. The number of anilines is 1. The second kappa shape index (κ2) is 9.12. The predicted molar refractivity (Wildman–Crippen MR) is 127 cm³/mol. The number of amides is 2. The number of hydrogen-bond acceptors (Lipinski definition) is 5. The van der Waals surface area contributed by atoms with Crippen LogP contribution >= 0.6 is 0 Å². The van der Waals surface area contributed by atoms with Crippen LogP contribution in [0.1, 0.15) is 35.7 Å². The molecule has 3 aromatic rings. The number of methoxy groups -OCH3 is 1. The maximum Gasteiger partial charge on any atom is 0.419 e. The van der Waals surface area contributed by atoms with E-state index >= 15 is 0 Å². The third-order valence-electron chi connectivity index (χ3n) is 7.12. The van der Waals surface area contributed by atoms with E-state index in [9.17, 15) is 18.0 Å². The molecule has 2 unspecified atom stereocenters. The molecule has 0 bridgehead atoms. The summed E-state index contributed by atoms with van der Waals surface area (Å²) < 4.78 is 47.1. The van der Waals surface area contributed by atoms with Crippen LogP contribution < -0.4 is 11.1 Å². The Kier molecular flexibility index (Phi) is 6.11. The van der Waals surface area contributed by atoms with Crippen LogP contribution in [0.5, 0.6) is 0 Å². The van der Waals surface area contributed by atoms with Crippen LogP contribution in [0.25, 0.3) is 11.3 Å². The number of carbonyl (C=O) groups excluding carboxylic acids is 1. The molecule has 1 spiro atoms. The van der Waals surface area contributed by atoms with E-state index in [2.05, 4.69) is 15.4 Å². The number of nitrogens with two attached hydrogens (primary N) is 1. The fourth-order valence-electron chi connectivity index (χ4n) is 5.22. The van der Waals surface area contributed by atoms with Crippen molar-refractivity contribution in [2.45, 2.75) is 37.0 Å². The van der Waals surface area contributed by atoms with Crippen molar-refractivity contribution in [2.24, 2.45) is 0 Å². The summed E-state index contributed by atoms with van der Waals surface area (Å²) in [5.41, 5.74) is 6.73. The number of carbonyl (C=O) groups is 1. The first-order valence-electron chi connectivity index (χ1n) is 11.7. The van der Waals surface area contributed by atoms with E-state index in [0.717, 1.165) is 30.2 Å². The van der Waals surface area contributed by atoms with E-state index in [1.165, 1.54) is 6.20 Å². The number of urea groups is 1. The van der Waals surface area contributed by atoms with Crippen molar-refractivity contribution in [3.8, 4) is 11.3 Å².